The van der Waals surface area contributed by atoms with E-state index in [-0.39, 0.29) is 0 Å². The van der Waals surface area contributed by atoms with Crippen molar-refractivity contribution in [2.45, 2.75) is 11.6 Å². The van der Waals surface area contributed by atoms with Crippen LogP contribution in [-0.4, -0.2) is 20.9 Å². The number of aromatic nitrogens is 3. The molecule has 0 saturated heterocycles. The molecule has 0 N–H and O–H groups in total. The highest BCUT2D eigenvalue weighted by atomic mass is 32.2. The Morgan fingerprint density at radius 3 is 2.60 bits per heavy atom. The number of nitrogens with zero attached hydrogens (tertiary/aromatic N) is 3. The third-order valence-electron chi connectivity index (χ3n) is 2.74. The van der Waals surface area contributed by atoms with Crippen molar-refractivity contribution in [2.24, 2.45) is 0 Å². The molecule has 0 amide bonds. The van der Waals surface area contributed by atoms with E-state index in [2.05, 4.69) is 15.2 Å². The number of rotatable bonds is 5. The maximum Gasteiger partial charge on any atom is 0.276 e. The van der Waals surface area contributed by atoms with E-state index in [0.717, 1.165) is 23.4 Å². The van der Waals surface area contributed by atoms with Gasteiger partial charge >= 0.3 is 0 Å². The average Bonchev–Trinajstić information content (AvgIpc) is 2.98. The molecule has 3 aromatic rings. The zero-order valence-electron chi connectivity index (χ0n) is 10.8. The Kier molecular flexibility index (Phi) is 4.08. The molecule has 0 atom stereocenters. The van der Waals surface area contributed by atoms with Gasteiger partial charge in [-0.15, -0.1) is 10.2 Å². The Morgan fingerprint density at radius 2 is 1.80 bits per heavy atom. The summed E-state index contributed by atoms with van der Waals surface area (Å²) in [7, 11) is 0. The summed E-state index contributed by atoms with van der Waals surface area (Å²) < 4.78 is 5.63. The van der Waals surface area contributed by atoms with Crippen molar-refractivity contribution in [1.82, 2.24) is 15.2 Å². The first-order chi connectivity index (χ1) is 9.92. The van der Waals surface area contributed by atoms with E-state index in [9.17, 15) is 0 Å². The minimum atomic E-state index is 0.561. The second-order valence-corrected chi connectivity index (χ2v) is 5.20. The minimum absolute atomic E-state index is 0.561. The summed E-state index contributed by atoms with van der Waals surface area (Å²) in [6.45, 7) is 0. The van der Waals surface area contributed by atoms with Crippen LogP contribution in [0.2, 0.25) is 0 Å². The maximum atomic E-state index is 5.63. The summed E-state index contributed by atoms with van der Waals surface area (Å²) >= 11 is 1.55. The van der Waals surface area contributed by atoms with Crippen molar-refractivity contribution in [3.05, 3.63) is 60.4 Å². The first kappa shape index (κ1) is 12.9. The molecule has 2 heterocycles. The second kappa shape index (κ2) is 6.34. The van der Waals surface area contributed by atoms with Crippen LogP contribution < -0.4 is 0 Å². The fourth-order valence-electron chi connectivity index (χ4n) is 1.75. The van der Waals surface area contributed by atoms with Gasteiger partial charge in [-0.05, 0) is 30.7 Å². The first-order valence-electron chi connectivity index (χ1n) is 6.33. The molecule has 20 heavy (non-hydrogen) atoms. The highest BCUT2D eigenvalue weighted by Crippen LogP contribution is 2.23. The van der Waals surface area contributed by atoms with E-state index < -0.39 is 0 Å². The standard InChI is InChI=1S/C15H13N3OS/c1-2-6-12(7-3-1)14-17-18-15(19-14)20-11-9-13-8-4-5-10-16-13/h1-8,10H,9,11H2. The van der Waals surface area contributed by atoms with Gasteiger partial charge in [-0.1, -0.05) is 36.0 Å². The molecule has 0 radical (unpaired) electrons. The van der Waals surface area contributed by atoms with E-state index >= 15 is 0 Å². The van der Waals surface area contributed by atoms with E-state index in [1.807, 2.05) is 48.5 Å². The SMILES string of the molecule is c1ccc(-c2nnc(SCCc3ccccn3)o2)cc1. The Morgan fingerprint density at radius 1 is 0.950 bits per heavy atom. The van der Waals surface area contributed by atoms with Gasteiger partial charge in [-0.3, -0.25) is 4.98 Å². The van der Waals surface area contributed by atoms with Crippen LogP contribution in [0.1, 0.15) is 5.69 Å². The van der Waals surface area contributed by atoms with Gasteiger partial charge in [0.05, 0.1) is 0 Å². The molecule has 0 aliphatic heterocycles. The molecular formula is C15H13N3OS. The lowest BCUT2D eigenvalue weighted by Gasteiger charge is -1.97. The number of aryl methyl sites for hydroxylation is 1. The molecule has 1 aromatic carbocycles. The fraction of sp³-hybridized carbons (Fsp3) is 0.133. The molecule has 2 aromatic heterocycles. The van der Waals surface area contributed by atoms with Crippen molar-refractivity contribution < 1.29 is 4.42 Å². The number of hydrogen-bond donors (Lipinski definition) is 0. The van der Waals surface area contributed by atoms with Crippen LogP contribution >= 0.6 is 11.8 Å². The predicted molar refractivity (Wildman–Crippen MR) is 78.4 cm³/mol. The third-order valence-corrected chi connectivity index (χ3v) is 3.56. The summed E-state index contributed by atoms with van der Waals surface area (Å²) in [6.07, 6.45) is 2.69. The van der Waals surface area contributed by atoms with E-state index in [0.29, 0.717) is 11.1 Å². The lowest BCUT2D eigenvalue weighted by Crippen LogP contribution is -1.91. The van der Waals surface area contributed by atoms with Crippen LogP contribution in [0.3, 0.4) is 0 Å². The normalized spacial score (nSPS) is 10.6. The number of hydrogen-bond acceptors (Lipinski definition) is 5. The first-order valence-corrected chi connectivity index (χ1v) is 7.32. The quantitative estimate of drug-likeness (QED) is 0.671. The van der Waals surface area contributed by atoms with Crippen LogP contribution in [0.25, 0.3) is 11.5 Å². The van der Waals surface area contributed by atoms with Crippen LogP contribution in [0.15, 0.2) is 64.4 Å². The molecular weight excluding hydrogens is 270 g/mol. The molecule has 0 aliphatic rings. The summed E-state index contributed by atoms with van der Waals surface area (Å²) in [5.74, 6) is 1.43. The molecule has 5 heteroatoms. The molecule has 0 unspecified atom stereocenters. The lowest BCUT2D eigenvalue weighted by molar-refractivity contribution is 0.466. The lowest BCUT2D eigenvalue weighted by atomic mass is 10.2. The largest absolute Gasteiger partial charge is 0.411 e. The van der Waals surface area contributed by atoms with E-state index in [1.54, 1.807) is 18.0 Å². The van der Waals surface area contributed by atoms with Crippen molar-refractivity contribution in [3.63, 3.8) is 0 Å². The summed E-state index contributed by atoms with van der Waals surface area (Å²) in [5, 5.41) is 8.71. The molecule has 100 valence electrons. The Bertz CT molecular complexity index is 655. The molecule has 3 rings (SSSR count). The van der Waals surface area contributed by atoms with Crippen molar-refractivity contribution in [1.29, 1.82) is 0 Å². The Balaban J connectivity index is 1.58. The van der Waals surface area contributed by atoms with Gasteiger partial charge < -0.3 is 4.42 Å². The van der Waals surface area contributed by atoms with Gasteiger partial charge in [0.2, 0.25) is 5.89 Å². The topological polar surface area (TPSA) is 51.8 Å². The monoisotopic (exact) mass is 283 g/mol. The Hall–Kier alpha value is -2.14. The zero-order chi connectivity index (χ0) is 13.6. The summed E-state index contributed by atoms with van der Waals surface area (Å²) in [6, 6.07) is 15.7. The van der Waals surface area contributed by atoms with Crippen molar-refractivity contribution in [3.8, 4) is 11.5 Å². The van der Waals surface area contributed by atoms with Crippen LogP contribution in [0.4, 0.5) is 0 Å². The van der Waals surface area contributed by atoms with Gasteiger partial charge in [0.25, 0.3) is 5.22 Å². The fourth-order valence-corrected chi connectivity index (χ4v) is 2.48. The van der Waals surface area contributed by atoms with Crippen LogP contribution in [0.5, 0.6) is 0 Å². The van der Waals surface area contributed by atoms with Crippen LogP contribution in [0, 0.1) is 0 Å². The van der Waals surface area contributed by atoms with Gasteiger partial charge in [-0.2, -0.15) is 0 Å². The Labute approximate surface area is 121 Å². The molecule has 0 spiro atoms. The minimum Gasteiger partial charge on any atom is -0.411 e. The van der Waals surface area contributed by atoms with Gasteiger partial charge in [0.1, 0.15) is 0 Å². The average molecular weight is 283 g/mol. The van der Waals surface area contributed by atoms with E-state index in [1.165, 1.54) is 0 Å². The maximum absolute atomic E-state index is 5.63. The number of benzene rings is 1. The smallest absolute Gasteiger partial charge is 0.276 e. The number of pyridine rings is 1. The van der Waals surface area contributed by atoms with E-state index in [4.69, 9.17) is 4.42 Å². The van der Waals surface area contributed by atoms with Crippen molar-refractivity contribution in [2.75, 3.05) is 5.75 Å². The second-order valence-electron chi connectivity index (χ2n) is 4.16. The summed E-state index contributed by atoms with van der Waals surface area (Å²) in [4.78, 5) is 4.28. The molecule has 4 nitrogen and oxygen atoms in total. The summed E-state index contributed by atoms with van der Waals surface area (Å²) in [5.41, 5.74) is 2.01. The van der Waals surface area contributed by atoms with Gasteiger partial charge in [0.15, 0.2) is 0 Å². The molecule has 0 saturated carbocycles. The third kappa shape index (κ3) is 3.24. The van der Waals surface area contributed by atoms with Gasteiger partial charge in [-0.25, -0.2) is 0 Å². The molecule has 0 aliphatic carbocycles. The molecule has 0 fully saturated rings. The van der Waals surface area contributed by atoms with Crippen LogP contribution in [-0.2, 0) is 6.42 Å². The highest BCUT2D eigenvalue weighted by Gasteiger charge is 2.08. The predicted octanol–water partition coefficient (Wildman–Crippen LogP) is 3.47. The van der Waals surface area contributed by atoms with Crippen molar-refractivity contribution >= 4 is 11.8 Å². The molecule has 0 bridgehead atoms. The van der Waals surface area contributed by atoms with Gasteiger partial charge in [0, 0.05) is 23.2 Å². The highest BCUT2D eigenvalue weighted by molar-refractivity contribution is 7.99. The number of thioether (sulfide) groups is 1. The zero-order valence-corrected chi connectivity index (χ0v) is 11.6.